The van der Waals surface area contributed by atoms with Crippen LogP contribution in [-0.4, -0.2) is 6.54 Å². The zero-order valence-electron chi connectivity index (χ0n) is 11.0. The zero-order valence-corrected chi connectivity index (χ0v) is 12.5. The molecule has 1 aromatic carbocycles. The number of rotatable bonds is 3. The Balaban J connectivity index is 0.000000686. The first-order chi connectivity index (χ1) is 8.31. The van der Waals surface area contributed by atoms with Crippen LogP contribution in [0.25, 0.3) is 0 Å². The lowest BCUT2D eigenvalue weighted by molar-refractivity contribution is 0.440. The Morgan fingerprint density at radius 1 is 1.18 bits per heavy atom. The minimum atomic E-state index is 0.570. The molecule has 0 aromatic heterocycles. The van der Waals surface area contributed by atoms with E-state index in [1.165, 1.54) is 31.2 Å². The van der Waals surface area contributed by atoms with Gasteiger partial charge in [-0.1, -0.05) is 54.8 Å². The van der Waals surface area contributed by atoms with Gasteiger partial charge < -0.3 is 5.73 Å². The van der Waals surface area contributed by atoms with E-state index >= 15 is 0 Å². The zero-order chi connectivity index (χ0) is 12.7. The number of nitrogens with two attached hydrogens (primary N) is 1. The summed E-state index contributed by atoms with van der Waals surface area (Å²) in [6, 6.07) is 8.65. The number of benzene rings is 1. The quantitative estimate of drug-likeness (QED) is 0.859. The van der Waals surface area contributed by atoms with E-state index in [0.29, 0.717) is 5.92 Å². The fourth-order valence-electron chi connectivity index (χ4n) is 2.67. The highest BCUT2D eigenvalue weighted by Crippen LogP contribution is 2.36. The molecule has 1 unspecified atom stereocenters. The Bertz CT molecular complexity index is 301. The summed E-state index contributed by atoms with van der Waals surface area (Å²) >= 11 is 3.47. The average Bonchev–Trinajstić information content (AvgIpc) is 2.89. The molecule has 1 atom stereocenters. The van der Waals surface area contributed by atoms with Crippen molar-refractivity contribution in [1.29, 1.82) is 0 Å². The minimum Gasteiger partial charge on any atom is -0.330 e. The summed E-state index contributed by atoms with van der Waals surface area (Å²) in [7, 11) is 0. The minimum absolute atomic E-state index is 0.570. The van der Waals surface area contributed by atoms with E-state index in [9.17, 15) is 0 Å². The van der Waals surface area contributed by atoms with Gasteiger partial charge in [0.25, 0.3) is 0 Å². The fraction of sp³-hybridized carbons (Fsp3) is 0.600. The summed E-state index contributed by atoms with van der Waals surface area (Å²) in [4.78, 5) is 0. The van der Waals surface area contributed by atoms with Crippen molar-refractivity contribution in [2.24, 2.45) is 11.7 Å². The molecule has 1 saturated carbocycles. The Labute approximate surface area is 114 Å². The molecular weight excluding hydrogens is 274 g/mol. The van der Waals surface area contributed by atoms with E-state index in [-0.39, 0.29) is 0 Å². The lowest BCUT2D eigenvalue weighted by atomic mass is 9.85. The monoisotopic (exact) mass is 297 g/mol. The van der Waals surface area contributed by atoms with E-state index in [1.54, 1.807) is 0 Å². The lowest BCUT2D eigenvalue weighted by Crippen LogP contribution is -2.19. The third-order valence-electron chi connectivity index (χ3n) is 3.52. The predicted molar refractivity (Wildman–Crippen MR) is 79.2 cm³/mol. The molecule has 0 radical (unpaired) electrons. The Morgan fingerprint density at radius 2 is 1.71 bits per heavy atom. The van der Waals surface area contributed by atoms with Crippen LogP contribution in [0.3, 0.4) is 0 Å². The van der Waals surface area contributed by atoms with Crippen molar-refractivity contribution in [3.8, 4) is 0 Å². The van der Waals surface area contributed by atoms with Crippen molar-refractivity contribution < 1.29 is 0 Å². The summed E-state index contributed by atoms with van der Waals surface area (Å²) in [5.74, 6) is 1.39. The second kappa shape index (κ2) is 7.88. The molecule has 0 saturated heterocycles. The van der Waals surface area contributed by atoms with Gasteiger partial charge >= 0.3 is 0 Å². The second-order valence-electron chi connectivity index (χ2n) is 4.44. The van der Waals surface area contributed by atoms with E-state index < -0.39 is 0 Å². The molecule has 0 aliphatic heterocycles. The first-order valence-electron chi connectivity index (χ1n) is 6.77. The average molecular weight is 298 g/mol. The first-order valence-corrected chi connectivity index (χ1v) is 7.56. The molecule has 1 aliphatic carbocycles. The van der Waals surface area contributed by atoms with E-state index in [0.717, 1.165) is 16.9 Å². The van der Waals surface area contributed by atoms with Crippen LogP contribution < -0.4 is 5.73 Å². The van der Waals surface area contributed by atoms with Gasteiger partial charge in [-0.25, -0.2) is 0 Å². The Morgan fingerprint density at radius 3 is 2.18 bits per heavy atom. The summed E-state index contributed by atoms with van der Waals surface area (Å²) < 4.78 is 1.15. The smallest absolute Gasteiger partial charge is 0.0175 e. The van der Waals surface area contributed by atoms with Gasteiger partial charge in [-0.05, 0) is 48.9 Å². The van der Waals surface area contributed by atoms with Gasteiger partial charge in [0.1, 0.15) is 0 Å². The van der Waals surface area contributed by atoms with Crippen molar-refractivity contribution in [2.75, 3.05) is 6.54 Å². The molecule has 2 heteroatoms. The third-order valence-corrected chi connectivity index (χ3v) is 4.05. The van der Waals surface area contributed by atoms with Crippen molar-refractivity contribution in [3.05, 3.63) is 34.3 Å². The molecule has 1 nitrogen and oxygen atoms in total. The summed E-state index contributed by atoms with van der Waals surface area (Å²) in [5, 5.41) is 0. The normalized spacial score (nSPS) is 17.4. The highest BCUT2D eigenvalue weighted by atomic mass is 79.9. The number of halogens is 1. The Kier molecular flexibility index (Phi) is 6.83. The van der Waals surface area contributed by atoms with E-state index in [2.05, 4.69) is 40.2 Å². The van der Waals surface area contributed by atoms with Crippen LogP contribution in [0.2, 0.25) is 0 Å². The van der Waals surface area contributed by atoms with Crippen molar-refractivity contribution in [2.45, 2.75) is 45.4 Å². The molecule has 96 valence electrons. The first kappa shape index (κ1) is 14.7. The molecular formula is C15H24BrN. The molecule has 0 amide bonds. The van der Waals surface area contributed by atoms with Crippen LogP contribution in [0.15, 0.2) is 28.7 Å². The van der Waals surface area contributed by atoms with E-state index in [1.807, 2.05) is 13.8 Å². The molecule has 2 N–H and O–H groups in total. The molecule has 17 heavy (non-hydrogen) atoms. The Hall–Kier alpha value is -0.340. The summed E-state index contributed by atoms with van der Waals surface area (Å²) in [6.07, 6.45) is 5.49. The van der Waals surface area contributed by atoms with Gasteiger partial charge in [-0.2, -0.15) is 0 Å². The standard InChI is InChI=1S/C13H18BrN.C2H6/c14-12-7-5-11(6-8-12)13(9-15)10-3-1-2-4-10;1-2/h5-8,10,13H,1-4,9,15H2;1-2H3. The third kappa shape index (κ3) is 4.11. The maximum atomic E-state index is 5.91. The largest absolute Gasteiger partial charge is 0.330 e. The topological polar surface area (TPSA) is 26.0 Å². The molecule has 1 aliphatic rings. The van der Waals surface area contributed by atoms with Gasteiger partial charge in [0, 0.05) is 4.47 Å². The van der Waals surface area contributed by atoms with Gasteiger partial charge in [-0.3, -0.25) is 0 Å². The van der Waals surface area contributed by atoms with Crippen molar-refractivity contribution in [1.82, 2.24) is 0 Å². The molecule has 2 rings (SSSR count). The van der Waals surface area contributed by atoms with Crippen LogP contribution in [0.5, 0.6) is 0 Å². The van der Waals surface area contributed by atoms with Gasteiger partial charge in [0.05, 0.1) is 0 Å². The van der Waals surface area contributed by atoms with Crippen molar-refractivity contribution in [3.63, 3.8) is 0 Å². The van der Waals surface area contributed by atoms with E-state index in [4.69, 9.17) is 5.73 Å². The van der Waals surface area contributed by atoms with Gasteiger partial charge in [0.2, 0.25) is 0 Å². The van der Waals surface area contributed by atoms with Crippen molar-refractivity contribution >= 4 is 15.9 Å². The predicted octanol–water partition coefficient (Wildman–Crippen LogP) is 4.71. The SMILES string of the molecule is CC.NCC(c1ccc(Br)cc1)C1CCCC1. The van der Waals surface area contributed by atoms with Gasteiger partial charge in [-0.15, -0.1) is 0 Å². The highest BCUT2D eigenvalue weighted by Gasteiger charge is 2.24. The van der Waals surface area contributed by atoms with Crippen LogP contribution in [0, 0.1) is 5.92 Å². The lowest BCUT2D eigenvalue weighted by Gasteiger charge is -2.22. The molecule has 0 spiro atoms. The number of hydrogen-bond acceptors (Lipinski definition) is 1. The van der Waals surface area contributed by atoms with Crippen LogP contribution in [0.4, 0.5) is 0 Å². The van der Waals surface area contributed by atoms with Crippen LogP contribution in [-0.2, 0) is 0 Å². The summed E-state index contributed by atoms with van der Waals surface area (Å²) in [5.41, 5.74) is 7.32. The molecule has 1 aromatic rings. The van der Waals surface area contributed by atoms with Gasteiger partial charge in [0.15, 0.2) is 0 Å². The van der Waals surface area contributed by atoms with Crippen LogP contribution in [0.1, 0.15) is 51.0 Å². The summed E-state index contributed by atoms with van der Waals surface area (Å²) in [6.45, 7) is 4.78. The number of hydrogen-bond donors (Lipinski definition) is 1. The second-order valence-corrected chi connectivity index (χ2v) is 5.35. The highest BCUT2D eigenvalue weighted by molar-refractivity contribution is 9.10. The maximum Gasteiger partial charge on any atom is 0.0175 e. The molecule has 1 fully saturated rings. The molecule has 0 bridgehead atoms. The maximum absolute atomic E-state index is 5.91. The van der Waals surface area contributed by atoms with Crippen LogP contribution >= 0.6 is 15.9 Å². The fourth-order valence-corrected chi connectivity index (χ4v) is 2.93. The molecule has 0 heterocycles.